The Labute approximate surface area is 309 Å². The summed E-state index contributed by atoms with van der Waals surface area (Å²) in [7, 11) is 0. The van der Waals surface area contributed by atoms with Crippen LogP contribution in [0, 0.1) is 23.8 Å². The molecule has 3 aromatic heterocycles. The summed E-state index contributed by atoms with van der Waals surface area (Å²) < 4.78 is 7.55. The van der Waals surface area contributed by atoms with Gasteiger partial charge in [0.15, 0.2) is 5.78 Å². The average Bonchev–Trinajstić information content (AvgIpc) is 3.66. The number of aryl methyl sites for hydroxylation is 1. The van der Waals surface area contributed by atoms with Gasteiger partial charge in [-0.1, -0.05) is 91.5 Å². The van der Waals surface area contributed by atoms with Gasteiger partial charge in [-0.25, -0.2) is 0 Å². The molecule has 6 rings (SSSR count). The topological polar surface area (TPSA) is 63.3 Å². The molecule has 0 amide bonds. The van der Waals surface area contributed by atoms with Crippen LogP contribution in [0.2, 0.25) is 0 Å². The maximum absolute atomic E-state index is 12.2. The Morgan fingerprint density at radius 2 is 1.49 bits per heavy atom. The van der Waals surface area contributed by atoms with Gasteiger partial charge in [0, 0.05) is 74.6 Å². The van der Waals surface area contributed by atoms with E-state index < -0.39 is 0 Å². The number of rotatable bonds is 8. The van der Waals surface area contributed by atoms with Crippen molar-refractivity contribution in [1.82, 2.24) is 4.98 Å². The minimum absolute atomic E-state index is 0. The molecule has 0 unspecified atom stereocenters. The summed E-state index contributed by atoms with van der Waals surface area (Å²) in [5.41, 5.74) is 4.44. The maximum Gasteiger partial charge on any atom is 0.164 e. The second-order valence-corrected chi connectivity index (χ2v) is 16.0. The van der Waals surface area contributed by atoms with Gasteiger partial charge in [-0.15, -0.1) is 40.5 Å². The van der Waals surface area contributed by atoms with Crippen molar-refractivity contribution in [2.45, 2.75) is 100 Å². The van der Waals surface area contributed by atoms with Crippen molar-refractivity contribution >= 4 is 59.9 Å². The van der Waals surface area contributed by atoms with E-state index in [1.807, 2.05) is 65.1 Å². The second kappa shape index (κ2) is 14.9. The van der Waals surface area contributed by atoms with Gasteiger partial charge in [-0.05, 0) is 62.3 Å². The summed E-state index contributed by atoms with van der Waals surface area (Å²) in [6.07, 6.45) is 6.60. The van der Waals surface area contributed by atoms with Crippen molar-refractivity contribution in [2.24, 2.45) is 10.8 Å². The molecule has 3 aromatic carbocycles. The van der Waals surface area contributed by atoms with Gasteiger partial charge in [-0.3, -0.25) is 9.78 Å². The first-order chi connectivity index (χ1) is 22.7. The number of hydrogen-bond donors (Lipinski definition) is 1. The van der Waals surface area contributed by atoms with Gasteiger partial charge in [0.25, 0.3) is 0 Å². The summed E-state index contributed by atoms with van der Waals surface area (Å²) in [5.74, 6) is 0.286. The van der Waals surface area contributed by atoms with E-state index in [-0.39, 0.29) is 47.9 Å². The first-order valence-corrected chi connectivity index (χ1v) is 18.1. The molecule has 1 N–H and O–H groups in total. The zero-order valence-electron chi connectivity index (χ0n) is 30.6. The Kier molecular flexibility index (Phi) is 11.7. The normalized spacial score (nSPS) is 12.7. The van der Waals surface area contributed by atoms with Crippen LogP contribution in [0.15, 0.2) is 77.0 Å². The third kappa shape index (κ3) is 7.43. The van der Waals surface area contributed by atoms with E-state index in [0.717, 1.165) is 64.3 Å². The van der Waals surface area contributed by atoms with Crippen molar-refractivity contribution in [3.05, 3.63) is 89.1 Å². The number of aromatic nitrogens is 1. The fraction of sp³-hybridized carbons (Fsp3) is 0.395. The number of carbonyl (C=O) groups is 1. The van der Waals surface area contributed by atoms with Crippen LogP contribution in [0.3, 0.4) is 0 Å². The first-order valence-electron chi connectivity index (χ1n) is 17.3. The van der Waals surface area contributed by atoms with Crippen LogP contribution in [0.25, 0.3) is 54.1 Å². The van der Waals surface area contributed by atoms with Gasteiger partial charge in [0.05, 0.1) is 0 Å². The Hall–Kier alpha value is -3.31. The van der Waals surface area contributed by atoms with Crippen LogP contribution < -0.4 is 0 Å². The number of benzene rings is 3. The Morgan fingerprint density at radius 1 is 0.857 bits per heavy atom. The maximum atomic E-state index is 12.2. The molecule has 0 saturated heterocycles. The molecule has 6 heteroatoms. The molecule has 1 radical (unpaired) electrons. The third-order valence-electron chi connectivity index (χ3n) is 10.6. The number of pyridine rings is 1. The Morgan fingerprint density at radius 3 is 2.12 bits per heavy atom. The summed E-state index contributed by atoms with van der Waals surface area (Å²) in [4.78, 5) is 18.3. The average molecular weight is 853 g/mol. The number of allylic oxidation sites excluding steroid dienone is 2. The van der Waals surface area contributed by atoms with Gasteiger partial charge in [-0.2, -0.15) is 0 Å². The zero-order valence-corrected chi connectivity index (χ0v) is 33.8. The van der Waals surface area contributed by atoms with Gasteiger partial charge >= 0.3 is 0 Å². The van der Waals surface area contributed by atoms with E-state index in [1.54, 1.807) is 0 Å². The smallest absolute Gasteiger partial charge is 0.164 e. The molecule has 0 bridgehead atoms. The minimum atomic E-state index is -0.337. The van der Waals surface area contributed by atoms with Crippen molar-refractivity contribution in [3.8, 4) is 11.3 Å². The number of hydrogen-bond acceptors (Lipinski definition) is 5. The van der Waals surface area contributed by atoms with E-state index >= 15 is 0 Å². The molecule has 3 heterocycles. The standard InChI is InChI=1S/C28H22NOS.C15H28O2.Ir/c1-16-13-20-24(31-16)10-9-22-25(20)26-23(30-22)11-12-29-27(26)18-14-17-7-5-6-8-19(17)21(15-18)28(2,3)4;1-7-14(5,8-2)12(16)11-13(17)15(6,9-3)10-4;/h5-13,15H,1-4H3;11,16H,7-10H2,1-6H3;/q-1;;/b;12-11-;. The monoisotopic (exact) mass is 853 g/mol. The zero-order chi connectivity index (χ0) is 35.0. The molecule has 4 nitrogen and oxygen atoms in total. The molecule has 0 atom stereocenters. The van der Waals surface area contributed by atoms with Crippen LogP contribution in [0.4, 0.5) is 0 Å². The molecule has 0 aliphatic carbocycles. The van der Waals surface area contributed by atoms with Gasteiger partial charge in [0.1, 0.15) is 16.9 Å². The fourth-order valence-electron chi connectivity index (χ4n) is 6.32. The van der Waals surface area contributed by atoms with Crippen LogP contribution in [-0.4, -0.2) is 15.9 Å². The molecular weight excluding hydrogens is 803 g/mol. The number of aliphatic hydroxyl groups is 1. The van der Waals surface area contributed by atoms with Crippen molar-refractivity contribution in [1.29, 1.82) is 0 Å². The predicted octanol–water partition coefficient (Wildman–Crippen LogP) is 13.1. The van der Waals surface area contributed by atoms with E-state index in [0.29, 0.717) is 0 Å². The van der Waals surface area contributed by atoms with Crippen molar-refractivity contribution < 1.29 is 34.4 Å². The number of aliphatic hydroxyl groups excluding tert-OH is 1. The molecule has 0 spiro atoms. The second-order valence-electron chi connectivity index (χ2n) is 14.7. The van der Waals surface area contributed by atoms with Crippen LogP contribution in [0.5, 0.6) is 0 Å². The van der Waals surface area contributed by atoms with Crippen molar-refractivity contribution in [3.63, 3.8) is 0 Å². The molecule has 0 fully saturated rings. The Balaban J connectivity index is 0.000000260. The van der Waals surface area contributed by atoms with E-state index in [4.69, 9.17) is 9.40 Å². The van der Waals surface area contributed by atoms with Crippen LogP contribution in [-0.2, 0) is 30.3 Å². The van der Waals surface area contributed by atoms with Gasteiger partial charge in [0.2, 0.25) is 0 Å². The number of thiophene rings is 1. The number of ketones is 1. The summed E-state index contributed by atoms with van der Waals surface area (Å²) in [6.45, 7) is 21.0. The predicted molar refractivity (Wildman–Crippen MR) is 205 cm³/mol. The van der Waals surface area contributed by atoms with Crippen LogP contribution >= 0.6 is 11.3 Å². The molecular formula is C43H50IrNO3S-. The van der Waals surface area contributed by atoms with Crippen molar-refractivity contribution in [2.75, 3.05) is 0 Å². The number of carbonyl (C=O) groups excluding carboxylic acids is 1. The Bertz CT molecular complexity index is 2140. The van der Waals surface area contributed by atoms with E-state index in [1.165, 1.54) is 32.0 Å². The van der Waals surface area contributed by atoms with Crippen LogP contribution in [0.1, 0.15) is 98.4 Å². The molecule has 6 aromatic rings. The molecule has 49 heavy (non-hydrogen) atoms. The largest absolute Gasteiger partial charge is 0.512 e. The third-order valence-corrected chi connectivity index (χ3v) is 11.6. The summed E-state index contributed by atoms with van der Waals surface area (Å²) in [5, 5.41) is 16.0. The fourth-order valence-corrected chi connectivity index (χ4v) is 7.25. The molecule has 0 aliphatic rings. The first kappa shape index (κ1) is 38.5. The summed E-state index contributed by atoms with van der Waals surface area (Å²) >= 11 is 1.82. The summed E-state index contributed by atoms with van der Waals surface area (Å²) in [6, 6.07) is 22.9. The number of fused-ring (bicyclic) bond motifs is 6. The van der Waals surface area contributed by atoms with E-state index in [2.05, 4.69) is 82.3 Å². The van der Waals surface area contributed by atoms with Gasteiger partial charge < -0.3 is 9.52 Å². The number of nitrogens with zero attached hydrogens (tertiary/aromatic N) is 1. The van der Waals surface area contributed by atoms with E-state index in [9.17, 15) is 9.90 Å². The molecule has 0 aliphatic heterocycles. The molecule has 261 valence electrons. The SMILES string of the molecule is CCC(C)(CC)C(=O)/C=C(\O)C(C)(CC)CC.Cc1cc2c(ccc3oc4ccnc(-c5[c-]c6ccccc6c(C(C)(C)C)c5)c4c32)s1.[Ir]. The minimum Gasteiger partial charge on any atom is -0.512 e. The number of furan rings is 1. The quantitative estimate of drug-likeness (QED) is 0.0941. The molecule has 0 saturated carbocycles.